The molecule has 1 aliphatic carbocycles. The molecule has 3 heteroatoms. The van der Waals surface area contributed by atoms with E-state index in [0.717, 1.165) is 25.3 Å². The number of nitrogens with zero attached hydrogens (tertiary/aromatic N) is 2. The molecule has 0 radical (unpaired) electrons. The van der Waals surface area contributed by atoms with Crippen LogP contribution in [0.3, 0.4) is 0 Å². The van der Waals surface area contributed by atoms with Crippen molar-refractivity contribution in [2.24, 2.45) is 11.7 Å². The van der Waals surface area contributed by atoms with Gasteiger partial charge in [-0.05, 0) is 31.6 Å². The minimum Gasteiger partial charge on any atom is -0.335 e. The summed E-state index contributed by atoms with van der Waals surface area (Å²) in [5.74, 6) is 2.55. The lowest BCUT2D eigenvalue weighted by molar-refractivity contribution is 0.263. The Morgan fingerprint density at radius 3 is 2.89 bits per heavy atom. The molecule has 0 aromatic carbocycles. The van der Waals surface area contributed by atoms with Crippen LogP contribution >= 0.6 is 0 Å². The fourth-order valence-electron chi connectivity index (χ4n) is 3.33. The fraction of sp³-hybridized carbons (Fsp3) is 0.800. The van der Waals surface area contributed by atoms with Gasteiger partial charge in [-0.3, -0.25) is 0 Å². The summed E-state index contributed by atoms with van der Waals surface area (Å²) < 4.78 is 2.30. The van der Waals surface area contributed by atoms with Gasteiger partial charge in [0.1, 0.15) is 5.82 Å². The lowest BCUT2D eigenvalue weighted by Gasteiger charge is -2.34. The maximum Gasteiger partial charge on any atom is 0.113 e. The van der Waals surface area contributed by atoms with Gasteiger partial charge in [-0.25, -0.2) is 4.98 Å². The van der Waals surface area contributed by atoms with E-state index in [4.69, 9.17) is 5.73 Å². The van der Waals surface area contributed by atoms with Gasteiger partial charge in [-0.15, -0.1) is 0 Å². The van der Waals surface area contributed by atoms with Gasteiger partial charge >= 0.3 is 0 Å². The molecule has 0 spiro atoms. The first-order valence-corrected chi connectivity index (χ1v) is 7.52. The normalized spacial score (nSPS) is 28.5. The lowest BCUT2D eigenvalue weighted by atomic mass is 9.76. The van der Waals surface area contributed by atoms with Crippen LogP contribution in [0.4, 0.5) is 0 Å². The van der Waals surface area contributed by atoms with Crippen LogP contribution in [0.1, 0.15) is 64.1 Å². The Morgan fingerprint density at radius 1 is 1.33 bits per heavy atom. The first kappa shape index (κ1) is 13.6. The highest BCUT2D eigenvalue weighted by Crippen LogP contribution is 2.36. The lowest BCUT2D eigenvalue weighted by Crippen LogP contribution is -2.36. The van der Waals surface area contributed by atoms with Crippen LogP contribution in [0.15, 0.2) is 12.4 Å². The van der Waals surface area contributed by atoms with Crippen molar-refractivity contribution >= 4 is 0 Å². The molecular formula is C15H27N3. The third kappa shape index (κ3) is 2.94. The Labute approximate surface area is 111 Å². The van der Waals surface area contributed by atoms with E-state index in [-0.39, 0.29) is 0 Å². The molecule has 2 N–H and O–H groups in total. The number of aryl methyl sites for hydroxylation is 1. The number of hydrogen-bond donors (Lipinski definition) is 1. The van der Waals surface area contributed by atoms with Crippen LogP contribution in [-0.2, 0) is 6.54 Å². The summed E-state index contributed by atoms with van der Waals surface area (Å²) in [7, 11) is 0. The zero-order valence-corrected chi connectivity index (χ0v) is 11.8. The van der Waals surface area contributed by atoms with Crippen LogP contribution < -0.4 is 5.73 Å². The highest BCUT2D eigenvalue weighted by Gasteiger charge is 2.31. The van der Waals surface area contributed by atoms with Gasteiger partial charge in [0.25, 0.3) is 0 Å². The van der Waals surface area contributed by atoms with Crippen molar-refractivity contribution in [3.8, 4) is 0 Å². The molecule has 18 heavy (non-hydrogen) atoms. The second-order valence-electron chi connectivity index (χ2n) is 5.72. The molecule has 3 atom stereocenters. The summed E-state index contributed by atoms with van der Waals surface area (Å²) in [5, 5.41) is 0. The monoisotopic (exact) mass is 249 g/mol. The van der Waals surface area contributed by atoms with Crippen LogP contribution in [-0.4, -0.2) is 15.6 Å². The van der Waals surface area contributed by atoms with Crippen LogP contribution in [0.5, 0.6) is 0 Å². The highest BCUT2D eigenvalue weighted by molar-refractivity contribution is 5.07. The van der Waals surface area contributed by atoms with Crippen molar-refractivity contribution in [1.82, 2.24) is 9.55 Å². The number of aromatic nitrogens is 2. The van der Waals surface area contributed by atoms with Crippen molar-refractivity contribution in [1.29, 1.82) is 0 Å². The summed E-state index contributed by atoms with van der Waals surface area (Å²) in [6.07, 6.45) is 11.5. The average Bonchev–Trinajstić information content (AvgIpc) is 2.81. The van der Waals surface area contributed by atoms with Crippen molar-refractivity contribution < 1.29 is 0 Å². The number of hydrogen-bond acceptors (Lipinski definition) is 2. The molecule has 1 aliphatic rings. The molecule has 0 aliphatic heterocycles. The van der Waals surface area contributed by atoms with Crippen LogP contribution in [0.2, 0.25) is 0 Å². The largest absolute Gasteiger partial charge is 0.335 e. The van der Waals surface area contributed by atoms with Gasteiger partial charge in [0.15, 0.2) is 0 Å². The predicted molar refractivity (Wildman–Crippen MR) is 75.5 cm³/mol. The fourth-order valence-corrected chi connectivity index (χ4v) is 3.33. The molecule has 1 fully saturated rings. The molecule has 2 rings (SSSR count). The van der Waals surface area contributed by atoms with E-state index >= 15 is 0 Å². The molecule has 0 bridgehead atoms. The molecular weight excluding hydrogens is 222 g/mol. The van der Waals surface area contributed by atoms with Crippen LogP contribution in [0.25, 0.3) is 0 Å². The highest BCUT2D eigenvalue weighted by atomic mass is 15.1. The Bertz CT molecular complexity index is 358. The number of rotatable bonds is 5. The standard InChI is InChI=1S/C15H27N3/c1-3-5-12-6-7-14(16)13(11-12)15-17-8-10-18(15)9-4-2/h8,10,12-14H,3-7,9,11,16H2,1-2H3. The Morgan fingerprint density at radius 2 is 2.17 bits per heavy atom. The van der Waals surface area contributed by atoms with Crippen LogP contribution in [0, 0.1) is 5.92 Å². The Balaban J connectivity index is 2.11. The summed E-state index contributed by atoms with van der Waals surface area (Å²) in [6.45, 7) is 5.56. The quantitative estimate of drug-likeness (QED) is 0.870. The topological polar surface area (TPSA) is 43.8 Å². The smallest absolute Gasteiger partial charge is 0.113 e. The first-order valence-electron chi connectivity index (χ1n) is 7.52. The van der Waals surface area contributed by atoms with E-state index in [0.29, 0.717) is 12.0 Å². The third-order valence-corrected chi connectivity index (χ3v) is 4.25. The van der Waals surface area contributed by atoms with Crippen molar-refractivity contribution in [2.45, 2.75) is 70.9 Å². The third-order valence-electron chi connectivity index (χ3n) is 4.25. The zero-order valence-electron chi connectivity index (χ0n) is 11.8. The summed E-state index contributed by atoms with van der Waals surface area (Å²) in [5.41, 5.74) is 6.34. The van der Waals surface area contributed by atoms with Crippen molar-refractivity contribution in [3.63, 3.8) is 0 Å². The number of imidazole rings is 1. The van der Waals surface area contributed by atoms with E-state index in [1.165, 1.54) is 31.5 Å². The average molecular weight is 249 g/mol. The summed E-state index contributed by atoms with van der Waals surface area (Å²) in [6, 6.07) is 0.302. The minimum atomic E-state index is 0.302. The second kappa shape index (κ2) is 6.37. The maximum atomic E-state index is 6.34. The molecule has 1 aromatic rings. The van der Waals surface area contributed by atoms with Gasteiger partial charge in [-0.2, -0.15) is 0 Å². The van der Waals surface area contributed by atoms with E-state index in [1.54, 1.807) is 0 Å². The molecule has 0 saturated heterocycles. The summed E-state index contributed by atoms with van der Waals surface area (Å²) >= 11 is 0. The van der Waals surface area contributed by atoms with Gasteiger partial charge in [0.05, 0.1) is 0 Å². The molecule has 3 unspecified atom stereocenters. The SMILES string of the molecule is CCCC1CCC(N)C(c2nccn2CCC)C1. The predicted octanol–water partition coefficient (Wildman–Crippen LogP) is 3.30. The maximum absolute atomic E-state index is 6.34. The van der Waals surface area contributed by atoms with Gasteiger partial charge in [0, 0.05) is 30.9 Å². The van der Waals surface area contributed by atoms with E-state index in [9.17, 15) is 0 Å². The number of nitrogens with two attached hydrogens (primary N) is 1. The van der Waals surface area contributed by atoms with E-state index in [2.05, 4.69) is 29.6 Å². The minimum absolute atomic E-state index is 0.302. The molecule has 1 aromatic heterocycles. The first-order chi connectivity index (χ1) is 8.76. The zero-order chi connectivity index (χ0) is 13.0. The van der Waals surface area contributed by atoms with Crippen molar-refractivity contribution in [2.75, 3.05) is 0 Å². The molecule has 102 valence electrons. The van der Waals surface area contributed by atoms with Gasteiger partial charge in [0.2, 0.25) is 0 Å². The Hall–Kier alpha value is -0.830. The second-order valence-corrected chi connectivity index (χ2v) is 5.72. The molecule has 1 saturated carbocycles. The van der Waals surface area contributed by atoms with E-state index in [1.807, 2.05) is 6.20 Å². The molecule has 0 amide bonds. The van der Waals surface area contributed by atoms with Gasteiger partial charge in [-0.1, -0.05) is 26.7 Å². The summed E-state index contributed by atoms with van der Waals surface area (Å²) in [4.78, 5) is 4.59. The van der Waals surface area contributed by atoms with Gasteiger partial charge < -0.3 is 10.3 Å². The van der Waals surface area contributed by atoms with Crippen molar-refractivity contribution in [3.05, 3.63) is 18.2 Å². The van der Waals surface area contributed by atoms with E-state index < -0.39 is 0 Å². The molecule has 3 nitrogen and oxygen atoms in total. The molecule has 1 heterocycles. The Kier molecular flexibility index (Phi) is 4.81.